The molecule has 4 nitrogen and oxygen atoms in total. The van der Waals surface area contributed by atoms with E-state index in [1.807, 2.05) is 20.8 Å². The maximum absolute atomic E-state index is 5.23. The first-order valence-corrected chi connectivity index (χ1v) is 4.45. The van der Waals surface area contributed by atoms with Crippen LogP contribution < -0.4 is 9.47 Å². The number of aryl methyl sites for hydroxylation is 1. The minimum absolute atomic E-state index is 0.559. The fraction of sp³-hybridized carbons (Fsp3) is 0.556. The molecule has 1 aromatic rings. The number of hydrogen-bond acceptors (Lipinski definition) is 4. The first-order chi connectivity index (χ1) is 6.36. The van der Waals surface area contributed by atoms with E-state index in [1.54, 1.807) is 6.20 Å². The molecule has 1 aromatic heterocycles. The lowest BCUT2D eigenvalue weighted by Crippen LogP contribution is -2.16. The second-order valence-corrected chi connectivity index (χ2v) is 2.28. The molecular weight excluding hydrogens is 168 g/mol. The van der Waals surface area contributed by atoms with E-state index in [4.69, 9.17) is 9.47 Å². The summed E-state index contributed by atoms with van der Waals surface area (Å²) in [4.78, 5) is 8.03. The van der Waals surface area contributed by atoms with Gasteiger partial charge >= 0.3 is 0 Å². The van der Waals surface area contributed by atoms with E-state index in [9.17, 15) is 0 Å². The van der Waals surface area contributed by atoms with Crippen LogP contribution in [0.3, 0.4) is 0 Å². The standard InChI is InChI=1S/C7H8N2O2.C2H6/c1-5-8-4-6-7(9-5)11-3-2-10-6;1-2/h4H,2-3H2,1H3;1-2H3. The Morgan fingerprint density at radius 1 is 1.23 bits per heavy atom. The van der Waals surface area contributed by atoms with Crippen LogP contribution in [0.5, 0.6) is 11.6 Å². The molecule has 2 heterocycles. The number of hydrogen-bond donors (Lipinski definition) is 0. The Kier molecular flexibility index (Phi) is 3.49. The van der Waals surface area contributed by atoms with Gasteiger partial charge in [0.2, 0.25) is 0 Å². The van der Waals surface area contributed by atoms with Crippen molar-refractivity contribution >= 4 is 0 Å². The van der Waals surface area contributed by atoms with Crippen molar-refractivity contribution in [3.8, 4) is 11.6 Å². The van der Waals surface area contributed by atoms with Gasteiger partial charge in [-0.3, -0.25) is 0 Å². The minimum Gasteiger partial charge on any atom is -0.483 e. The van der Waals surface area contributed by atoms with E-state index in [2.05, 4.69) is 9.97 Å². The molecule has 0 saturated carbocycles. The summed E-state index contributed by atoms with van der Waals surface area (Å²) in [6, 6.07) is 0. The molecule has 13 heavy (non-hydrogen) atoms. The predicted molar refractivity (Wildman–Crippen MR) is 49.1 cm³/mol. The normalized spacial score (nSPS) is 12.8. The third kappa shape index (κ3) is 2.31. The summed E-state index contributed by atoms with van der Waals surface area (Å²) in [5.41, 5.74) is 0. The lowest BCUT2D eigenvalue weighted by molar-refractivity contribution is 0.163. The highest BCUT2D eigenvalue weighted by atomic mass is 16.6. The van der Waals surface area contributed by atoms with E-state index >= 15 is 0 Å². The van der Waals surface area contributed by atoms with Crippen molar-refractivity contribution in [3.05, 3.63) is 12.0 Å². The van der Waals surface area contributed by atoms with Crippen LogP contribution in [-0.4, -0.2) is 23.2 Å². The average molecular weight is 182 g/mol. The molecular formula is C9H14N2O2. The Morgan fingerprint density at radius 2 is 1.92 bits per heavy atom. The molecule has 72 valence electrons. The molecule has 0 spiro atoms. The number of nitrogens with zero attached hydrogens (tertiary/aromatic N) is 2. The molecule has 0 amide bonds. The zero-order chi connectivity index (χ0) is 9.68. The molecule has 1 aliphatic rings. The van der Waals surface area contributed by atoms with Crippen molar-refractivity contribution in [2.24, 2.45) is 0 Å². The third-order valence-electron chi connectivity index (χ3n) is 1.42. The Hall–Kier alpha value is -1.32. The van der Waals surface area contributed by atoms with Crippen molar-refractivity contribution < 1.29 is 9.47 Å². The van der Waals surface area contributed by atoms with Crippen molar-refractivity contribution in [1.29, 1.82) is 0 Å². The lowest BCUT2D eigenvalue weighted by Gasteiger charge is -2.16. The van der Waals surface area contributed by atoms with E-state index < -0.39 is 0 Å². The highest BCUT2D eigenvalue weighted by Crippen LogP contribution is 2.25. The van der Waals surface area contributed by atoms with Crippen LogP contribution in [0.4, 0.5) is 0 Å². The summed E-state index contributed by atoms with van der Waals surface area (Å²) in [6.45, 7) is 6.97. The zero-order valence-corrected chi connectivity index (χ0v) is 8.20. The van der Waals surface area contributed by atoms with Gasteiger partial charge in [0.1, 0.15) is 19.0 Å². The van der Waals surface area contributed by atoms with Crippen molar-refractivity contribution in [1.82, 2.24) is 9.97 Å². The number of ether oxygens (including phenoxy) is 2. The largest absolute Gasteiger partial charge is 0.483 e. The van der Waals surface area contributed by atoms with Gasteiger partial charge in [-0.15, -0.1) is 0 Å². The maximum atomic E-state index is 5.23. The third-order valence-corrected chi connectivity index (χ3v) is 1.42. The Morgan fingerprint density at radius 3 is 2.69 bits per heavy atom. The summed E-state index contributed by atoms with van der Waals surface area (Å²) in [6.07, 6.45) is 1.64. The molecule has 1 aliphatic heterocycles. The molecule has 0 unspecified atom stereocenters. The van der Waals surface area contributed by atoms with Crippen LogP contribution >= 0.6 is 0 Å². The van der Waals surface area contributed by atoms with Crippen LogP contribution in [0, 0.1) is 6.92 Å². The van der Waals surface area contributed by atoms with E-state index in [0.29, 0.717) is 30.7 Å². The summed E-state index contributed by atoms with van der Waals surface area (Å²) in [7, 11) is 0. The Balaban J connectivity index is 0.000000396. The highest BCUT2D eigenvalue weighted by molar-refractivity contribution is 5.31. The van der Waals surface area contributed by atoms with Gasteiger partial charge in [0.05, 0.1) is 6.20 Å². The number of fused-ring (bicyclic) bond motifs is 1. The molecule has 4 heteroatoms. The molecule has 0 saturated heterocycles. The van der Waals surface area contributed by atoms with Gasteiger partial charge in [-0.1, -0.05) is 13.8 Å². The summed E-state index contributed by atoms with van der Waals surface area (Å²) >= 11 is 0. The minimum atomic E-state index is 0.559. The first kappa shape index (κ1) is 9.77. The van der Waals surface area contributed by atoms with E-state index in [-0.39, 0.29) is 0 Å². The molecule has 0 aliphatic carbocycles. The van der Waals surface area contributed by atoms with Crippen LogP contribution in [-0.2, 0) is 0 Å². The van der Waals surface area contributed by atoms with Gasteiger partial charge in [0.15, 0.2) is 5.75 Å². The zero-order valence-electron chi connectivity index (χ0n) is 8.20. The smallest absolute Gasteiger partial charge is 0.260 e. The monoisotopic (exact) mass is 182 g/mol. The second-order valence-electron chi connectivity index (χ2n) is 2.28. The van der Waals surface area contributed by atoms with Gasteiger partial charge in [0, 0.05) is 0 Å². The molecule has 0 aromatic carbocycles. The van der Waals surface area contributed by atoms with Crippen LogP contribution in [0.25, 0.3) is 0 Å². The Bertz CT molecular complexity index is 276. The first-order valence-electron chi connectivity index (χ1n) is 4.45. The fourth-order valence-corrected chi connectivity index (χ4v) is 0.931. The second kappa shape index (κ2) is 4.64. The highest BCUT2D eigenvalue weighted by Gasteiger charge is 2.12. The Labute approximate surface area is 77.9 Å². The molecule has 0 N–H and O–H groups in total. The topological polar surface area (TPSA) is 44.2 Å². The number of rotatable bonds is 0. The van der Waals surface area contributed by atoms with Gasteiger partial charge in [0.25, 0.3) is 5.88 Å². The van der Waals surface area contributed by atoms with Crippen molar-refractivity contribution in [2.75, 3.05) is 13.2 Å². The predicted octanol–water partition coefficient (Wildman–Crippen LogP) is 1.58. The fourth-order valence-electron chi connectivity index (χ4n) is 0.931. The molecule has 2 rings (SSSR count). The summed E-state index contributed by atoms with van der Waals surface area (Å²) in [5, 5.41) is 0. The van der Waals surface area contributed by atoms with Crippen molar-refractivity contribution in [3.63, 3.8) is 0 Å². The van der Waals surface area contributed by atoms with Crippen molar-refractivity contribution in [2.45, 2.75) is 20.8 Å². The molecule has 0 atom stereocenters. The molecule has 0 fully saturated rings. The number of aromatic nitrogens is 2. The van der Waals surface area contributed by atoms with Gasteiger partial charge in [-0.05, 0) is 6.92 Å². The average Bonchev–Trinajstić information content (AvgIpc) is 2.21. The van der Waals surface area contributed by atoms with Gasteiger partial charge in [-0.2, -0.15) is 4.98 Å². The van der Waals surface area contributed by atoms with Crippen LogP contribution in [0.1, 0.15) is 19.7 Å². The quantitative estimate of drug-likeness (QED) is 0.611. The van der Waals surface area contributed by atoms with Gasteiger partial charge in [-0.25, -0.2) is 4.98 Å². The lowest BCUT2D eigenvalue weighted by atomic mass is 10.5. The summed E-state index contributed by atoms with van der Waals surface area (Å²) in [5.74, 6) is 1.90. The van der Waals surface area contributed by atoms with Gasteiger partial charge < -0.3 is 9.47 Å². The van der Waals surface area contributed by atoms with E-state index in [0.717, 1.165) is 0 Å². The maximum Gasteiger partial charge on any atom is 0.260 e. The summed E-state index contributed by atoms with van der Waals surface area (Å²) < 4.78 is 10.5. The van der Waals surface area contributed by atoms with Crippen LogP contribution in [0.15, 0.2) is 6.20 Å². The van der Waals surface area contributed by atoms with E-state index in [1.165, 1.54) is 0 Å². The SMILES string of the molecule is CC.Cc1ncc2c(n1)OCCO2. The van der Waals surface area contributed by atoms with Crippen LogP contribution in [0.2, 0.25) is 0 Å². The molecule has 0 radical (unpaired) electrons. The molecule has 0 bridgehead atoms.